The molecule has 174 valence electrons. The van der Waals surface area contributed by atoms with Crippen LogP contribution < -0.4 is 26.2 Å². The predicted molar refractivity (Wildman–Crippen MR) is 125 cm³/mol. The Hall–Kier alpha value is -4.04. The van der Waals surface area contributed by atoms with Gasteiger partial charge in [0.2, 0.25) is 0 Å². The van der Waals surface area contributed by atoms with Crippen molar-refractivity contribution in [3.63, 3.8) is 0 Å². The summed E-state index contributed by atoms with van der Waals surface area (Å²) in [6.07, 6.45) is 0. The minimum Gasteiger partial charge on any atom is -0.502 e. The normalized spacial score (nSPS) is 12.9. The van der Waals surface area contributed by atoms with E-state index in [1.807, 2.05) is 18.2 Å². The third kappa shape index (κ3) is 4.53. The highest BCUT2D eigenvalue weighted by molar-refractivity contribution is 5.69. The lowest BCUT2D eigenvalue weighted by Crippen LogP contribution is -2.32. The molecule has 4 rings (SSSR count). The Bertz CT molecular complexity index is 1400. The van der Waals surface area contributed by atoms with Crippen molar-refractivity contribution in [2.24, 2.45) is 0 Å². The Labute approximate surface area is 194 Å². The van der Waals surface area contributed by atoms with Gasteiger partial charge in [-0.3, -0.25) is 14.9 Å². The van der Waals surface area contributed by atoms with Crippen LogP contribution in [0.2, 0.25) is 0 Å². The summed E-state index contributed by atoms with van der Waals surface area (Å²) >= 11 is 0. The summed E-state index contributed by atoms with van der Waals surface area (Å²) in [7, 11) is 1.57. The zero-order valence-electron chi connectivity index (χ0n) is 18.4. The van der Waals surface area contributed by atoms with Gasteiger partial charge in [0.1, 0.15) is 23.1 Å². The van der Waals surface area contributed by atoms with E-state index in [9.17, 15) is 23.5 Å². The van der Waals surface area contributed by atoms with E-state index in [4.69, 9.17) is 4.74 Å². The highest BCUT2D eigenvalue weighted by atomic mass is 19.1. The molecule has 0 saturated carbocycles. The minimum absolute atomic E-state index is 0.155. The molecule has 0 bridgehead atoms. The standard InChI is InChI=1S/C26H22F2N2O4/c1-14(20-11-8-17(27)13-21(20)28)29-22(15-6-9-19(34-2)10-7-15)16-4-3-5-18(12-16)30-23-24(31)26(33)25(23)32/h3-14,22,29-31H,1-2H3. The lowest BCUT2D eigenvalue weighted by atomic mass is 9.96. The van der Waals surface area contributed by atoms with Crippen LogP contribution in [0.5, 0.6) is 11.5 Å². The largest absolute Gasteiger partial charge is 0.502 e. The van der Waals surface area contributed by atoms with Crippen molar-refractivity contribution in [1.82, 2.24) is 5.32 Å². The van der Waals surface area contributed by atoms with Crippen LogP contribution in [0.15, 0.2) is 76.3 Å². The summed E-state index contributed by atoms with van der Waals surface area (Å²) in [6, 6.07) is 16.9. The van der Waals surface area contributed by atoms with Crippen LogP contribution in [0, 0.1) is 11.6 Å². The van der Waals surface area contributed by atoms with E-state index >= 15 is 0 Å². The molecule has 0 saturated heterocycles. The molecular weight excluding hydrogens is 442 g/mol. The van der Waals surface area contributed by atoms with Gasteiger partial charge in [0.25, 0.3) is 10.9 Å². The van der Waals surface area contributed by atoms with Gasteiger partial charge in [0, 0.05) is 23.4 Å². The molecule has 6 nitrogen and oxygen atoms in total. The zero-order valence-corrected chi connectivity index (χ0v) is 18.4. The van der Waals surface area contributed by atoms with Gasteiger partial charge in [-0.2, -0.15) is 0 Å². The van der Waals surface area contributed by atoms with Crippen LogP contribution in [0.25, 0.3) is 0 Å². The summed E-state index contributed by atoms with van der Waals surface area (Å²) in [5.74, 6) is -1.23. The lowest BCUT2D eigenvalue weighted by Gasteiger charge is -2.26. The molecule has 0 fully saturated rings. The van der Waals surface area contributed by atoms with E-state index in [0.29, 0.717) is 17.0 Å². The van der Waals surface area contributed by atoms with Crippen molar-refractivity contribution in [3.8, 4) is 11.5 Å². The van der Waals surface area contributed by atoms with Crippen molar-refractivity contribution in [1.29, 1.82) is 0 Å². The number of anilines is 2. The molecule has 34 heavy (non-hydrogen) atoms. The number of rotatable bonds is 8. The molecule has 0 amide bonds. The highest BCUT2D eigenvalue weighted by Crippen LogP contribution is 2.31. The molecule has 0 aliphatic heterocycles. The van der Waals surface area contributed by atoms with Gasteiger partial charge in [-0.05, 0) is 48.4 Å². The molecule has 4 aromatic rings. The van der Waals surface area contributed by atoms with Gasteiger partial charge < -0.3 is 15.2 Å². The van der Waals surface area contributed by atoms with Crippen LogP contribution >= 0.6 is 0 Å². The summed E-state index contributed by atoms with van der Waals surface area (Å²) in [4.78, 5) is 23.0. The van der Waals surface area contributed by atoms with Gasteiger partial charge in [-0.15, -0.1) is 0 Å². The van der Waals surface area contributed by atoms with Crippen LogP contribution in [0.3, 0.4) is 0 Å². The molecule has 0 spiro atoms. The first kappa shape index (κ1) is 23.1. The second kappa shape index (κ2) is 9.44. The molecule has 0 aromatic heterocycles. The molecule has 3 N–H and O–H groups in total. The van der Waals surface area contributed by atoms with E-state index in [2.05, 4.69) is 10.6 Å². The fourth-order valence-electron chi connectivity index (χ4n) is 3.81. The second-order valence-electron chi connectivity index (χ2n) is 7.89. The van der Waals surface area contributed by atoms with Gasteiger partial charge in [-0.25, -0.2) is 8.78 Å². The van der Waals surface area contributed by atoms with Gasteiger partial charge in [-0.1, -0.05) is 30.3 Å². The fourth-order valence-corrected chi connectivity index (χ4v) is 3.81. The van der Waals surface area contributed by atoms with Gasteiger partial charge in [0.05, 0.1) is 13.2 Å². The molecule has 2 unspecified atom stereocenters. The van der Waals surface area contributed by atoms with Gasteiger partial charge >= 0.3 is 0 Å². The Kier molecular flexibility index (Phi) is 6.43. The van der Waals surface area contributed by atoms with E-state index < -0.39 is 40.3 Å². The van der Waals surface area contributed by atoms with E-state index in [-0.39, 0.29) is 5.69 Å². The Balaban J connectivity index is 1.69. The zero-order chi connectivity index (χ0) is 24.4. The molecule has 2 atom stereocenters. The number of benzene rings is 3. The Morgan fingerprint density at radius 3 is 2.29 bits per heavy atom. The predicted octanol–water partition coefficient (Wildman–Crippen LogP) is 4.46. The monoisotopic (exact) mass is 464 g/mol. The summed E-state index contributed by atoms with van der Waals surface area (Å²) < 4.78 is 33.0. The summed E-state index contributed by atoms with van der Waals surface area (Å²) in [6.45, 7) is 1.77. The topological polar surface area (TPSA) is 87.7 Å². The lowest BCUT2D eigenvalue weighted by molar-refractivity contribution is 0.414. The maximum atomic E-state index is 14.4. The molecule has 8 heteroatoms. The quantitative estimate of drug-likeness (QED) is 0.334. The molecule has 0 radical (unpaired) electrons. The number of halogens is 2. The Morgan fingerprint density at radius 1 is 0.912 bits per heavy atom. The van der Waals surface area contributed by atoms with Crippen molar-refractivity contribution in [2.45, 2.75) is 19.0 Å². The second-order valence-corrected chi connectivity index (χ2v) is 7.89. The third-order valence-electron chi connectivity index (χ3n) is 5.67. The van der Waals surface area contributed by atoms with Crippen molar-refractivity contribution in [3.05, 3.63) is 116 Å². The summed E-state index contributed by atoms with van der Waals surface area (Å²) in [5, 5.41) is 15.8. The maximum absolute atomic E-state index is 14.4. The highest BCUT2D eigenvalue weighted by Gasteiger charge is 2.22. The first-order valence-electron chi connectivity index (χ1n) is 10.5. The Morgan fingerprint density at radius 2 is 1.65 bits per heavy atom. The number of hydrogen-bond donors (Lipinski definition) is 3. The minimum atomic E-state index is -0.924. The average molecular weight is 464 g/mol. The maximum Gasteiger partial charge on any atom is 0.271 e. The SMILES string of the molecule is COc1ccc(C(NC(C)c2ccc(F)cc2F)c2cccc(Nc3c(O)c(=O)c3=O)c2)cc1. The number of ether oxygens (including phenoxy) is 1. The molecule has 0 aliphatic rings. The van der Waals surface area contributed by atoms with Gasteiger partial charge in [0.15, 0.2) is 5.75 Å². The molecule has 0 heterocycles. The molecular formula is C26H22F2N2O4. The molecule has 0 aliphatic carbocycles. The fraction of sp³-hybridized carbons (Fsp3) is 0.154. The average Bonchev–Trinajstić information content (AvgIpc) is 2.85. The van der Waals surface area contributed by atoms with E-state index in [1.165, 1.54) is 12.1 Å². The van der Waals surface area contributed by atoms with Crippen molar-refractivity contribution in [2.75, 3.05) is 12.4 Å². The van der Waals surface area contributed by atoms with Crippen LogP contribution in [0.1, 0.15) is 35.7 Å². The number of methoxy groups -OCH3 is 1. The van der Waals surface area contributed by atoms with Crippen molar-refractivity contribution >= 4 is 11.4 Å². The van der Waals surface area contributed by atoms with Crippen molar-refractivity contribution < 1.29 is 18.6 Å². The van der Waals surface area contributed by atoms with E-state index in [1.54, 1.807) is 44.4 Å². The van der Waals surface area contributed by atoms with Crippen LogP contribution in [0.4, 0.5) is 20.2 Å². The first-order chi connectivity index (χ1) is 16.3. The third-order valence-corrected chi connectivity index (χ3v) is 5.67. The van der Waals surface area contributed by atoms with Crippen LogP contribution in [-0.4, -0.2) is 12.2 Å². The smallest absolute Gasteiger partial charge is 0.271 e. The summed E-state index contributed by atoms with van der Waals surface area (Å²) in [5.41, 5.74) is 0.549. The van der Waals surface area contributed by atoms with E-state index in [0.717, 1.165) is 17.2 Å². The number of hydrogen-bond acceptors (Lipinski definition) is 6. The first-order valence-corrected chi connectivity index (χ1v) is 10.5. The number of aromatic hydroxyl groups is 1. The van der Waals surface area contributed by atoms with Crippen LogP contribution in [-0.2, 0) is 0 Å². The number of nitrogens with one attached hydrogen (secondary N) is 2. The molecule has 4 aromatic carbocycles.